The summed E-state index contributed by atoms with van der Waals surface area (Å²) in [7, 11) is 0. The van der Waals surface area contributed by atoms with Gasteiger partial charge in [0.05, 0.1) is 13.1 Å². The monoisotopic (exact) mass is 399 g/mol. The van der Waals surface area contributed by atoms with Gasteiger partial charge in [0.15, 0.2) is 5.82 Å². The molecule has 0 fully saturated rings. The van der Waals surface area contributed by atoms with Crippen LogP contribution in [0.1, 0.15) is 40.3 Å². The number of primary amides is 1. The lowest BCUT2D eigenvalue weighted by molar-refractivity contribution is 0.0997. The Balaban J connectivity index is 1.82. The van der Waals surface area contributed by atoms with Crippen molar-refractivity contribution >= 4 is 5.91 Å². The van der Waals surface area contributed by atoms with Gasteiger partial charge in [-0.15, -0.1) is 10.2 Å². The summed E-state index contributed by atoms with van der Waals surface area (Å²) in [6.07, 6.45) is 0.268. The fraction of sp³-hybridized carbons (Fsp3) is 0.333. The topological polar surface area (TPSA) is 151 Å². The predicted molar refractivity (Wildman–Crippen MR) is 102 cm³/mol. The van der Waals surface area contributed by atoms with Crippen LogP contribution in [0.4, 0.5) is 0 Å². The first kappa shape index (κ1) is 20.1. The number of aliphatic hydroxyl groups is 1. The lowest BCUT2D eigenvalue weighted by atomic mass is 10.1. The lowest BCUT2D eigenvalue weighted by Crippen LogP contribution is -2.43. The molecule has 0 radical (unpaired) electrons. The van der Waals surface area contributed by atoms with Gasteiger partial charge in [0.2, 0.25) is 0 Å². The predicted octanol–water partition coefficient (Wildman–Crippen LogP) is -0.794. The second-order valence-electron chi connectivity index (χ2n) is 6.55. The minimum absolute atomic E-state index is 0.0754. The summed E-state index contributed by atoms with van der Waals surface area (Å²) in [6, 6.07) is 7.42. The van der Waals surface area contributed by atoms with Crippen molar-refractivity contribution in [2.45, 2.75) is 39.6 Å². The van der Waals surface area contributed by atoms with E-state index < -0.39 is 23.3 Å². The molecule has 0 unspecified atom stereocenters. The Morgan fingerprint density at radius 3 is 2.55 bits per heavy atom. The summed E-state index contributed by atoms with van der Waals surface area (Å²) in [4.78, 5) is 37.3. The first-order valence-electron chi connectivity index (χ1n) is 8.95. The van der Waals surface area contributed by atoms with Gasteiger partial charge < -0.3 is 10.8 Å². The molecule has 152 valence electrons. The molecular formula is C18H21N7O4. The van der Waals surface area contributed by atoms with Gasteiger partial charge in [-0.25, -0.2) is 4.79 Å². The maximum atomic E-state index is 12.4. The molecule has 0 saturated carbocycles. The van der Waals surface area contributed by atoms with Gasteiger partial charge >= 0.3 is 5.69 Å². The average Bonchev–Trinajstić information content (AvgIpc) is 3.11. The smallest absolute Gasteiger partial charge is 0.331 e. The summed E-state index contributed by atoms with van der Waals surface area (Å²) in [5.41, 5.74) is 5.38. The Labute approximate surface area is 165 Å². The average molecular weight is 399 g/mol. The molecule has 1 amide bonds. The van der Waals surface area contributed by atoms with Gasteiger partial charge in [0.1, 0.15) is 11.7 Å². The number of aromatic nitrogens is 6. The van der Waals surface area contributed by atoms with E-state index >= 15 is 0 Å². The van der Waals surface area contributed by atoms with Crippen LogP contribution in [0.5, 0.6) is 0 Å². The Morgan fingerprint density at radius 1 is 1.24 bits per heavy atom. The Kier molecular flexibility index (Phi) is 5.69. The third-order valence-electron chi connectivity index (χ3n) is 4.42. The highest BCUT2D eigenvalue weighted by atomic mass is 16.3. The quantitative estimate of drug-likeness (QED) is 0.528. The second-order valence-corrected chi connectivity index (χ2v) is 6.55. The molecule has 29 heavy (non-hydrogen) atoms. The first-order valence-corrected chi connectivity index (χ1v) is 8.95. The van der Waals surface area contributed by atoms with Crippen LogP contribution in [0, 0.1) is 6.92 Å². The third-order valence-corrected chi connectivity index (χ3v) is 4.42. The summed E-state index contributed by atoms with van der Waals surface area (Å²) in [6.45, 7) is 3.61. The molecule has 1 aromatic carbocycles. The molecule has 0 aliphatic heterocycles. The van der Waals surface area contributed by atoms with E-state index in [1.807, 2.05) is 31.2 Å². The maximum Gasteiger partial charge on any atom is 0.331 e. The number of nitrogens with zero attached hydrogens (tertiary/aromatic N) is 6. The van der Waals surface area contributed by atoms with Crippen LogP contribution in [-0.2, 0) is 19.6 Å². The van der Waals surface area contributed by atoms with Crippen molar-refractivity contribution in [3.63, 3.8) is 0 Å². The molecule has 0 bridgehead atoms. The number of aliphatic hydroxyl groups excluding tert-OH is 1. The summed E-state index contributed by atoms with van der Waals surface area (Å²) in [5.74, 6) is -0.747. The molecule has 2 aromatic heterocycles. The summed E-state index contributed by atoms with van der Waals surface area (Å²) >= 11 is 0. The van der Waals surface area contributed by atoms with Gasteiger partial charge in [-0.05, 0) is 24.6 Å². The number of carbonyl (C=O) groups excluding carboxylic acids is 1. The second kappa shape index (κ2) is 8.19. The van der Waals surface area contributed by atoms with E-state index in [4.69, 9.17) is 5.73 Å². The van der Waals surface area contributed by atoms with E-state index in [-0.39, 0.29) is 31.0 Å². The van der Waals surface area contributed by atoms with Crippen molar-refractivity contribution in [3.05, 3.63) is 73.8 Å². The zero-order valence-corrected chi connectivity index (χ0v) is 16.0. The molecule has 0 aliphatic carbocycles. The van der Waals surface area contributed by atoms with Crippen molar-refractivity contribution in [3.8, 4) is 0 Å². The molecular weight excluding hydrogens is 378 g/mol. The Hall–Kier alpha value is -3.60. The molecule has 2 heterocycles. The molecule has 3 aromatic rings. The largest absolute Gasteiger partial charge is 0.386 e. The zero-order valence-electron chi connectivity index (χ0n) is 16.0. The number of nitrogens with two attached hydrogens (primary N) is 1. The van der Waals surface area contributed by atoms with E-state index in [9.17, 15) is 19.5 Å². The lowest BCUT2D eigenvalue weighted by Gasteiger charge is -2.10. The summed E-state index contributed by atoms with van der Waals surface area (Å²) in [5, 5.41) is 22.2. The van der Waals surface area contributed by atoms with Gasteiger partial charge in [-0.1, -0.05) is 29.8 Å². The van der Waals surface area contributed by atoms with E-state index in [0.717, 1.165) is 20.9 Å². The SMILES string of the molecule is CCn1c(=O)c(C(N)=O)cn(Cc2nnn(C[C@H](O)c3ccc(C)cc3)n2)c1=O. The molecule has 0 saturated heterocycles. The van der Waals surface area contributed by atoms with Crippen molar-refractivity contribution in [1.29, 1.82) is 0 Å². The number of amides is 1. The molecule has 11 heteroatoms. The minimum atomic E-state index is -0.927. The fourth-order valence-corrected chi connectivity index (χ4v) is 2.83. The third kappa shape index (κ3) is 4.29. The zero-order chi connectivity index (χ0) is 21.1. The Bertz CT molecular complexity index is 1140. The molecule has 3 N–H and O–H groups in total. The molecule has 0 aliphatic rings. The fourth-order valence-electron chi connectivity index (χ4n) is 2.83. The molecule has 0 spiro atoms. The number of rotatable bonds is 7. The van der Waals surface area contributed by atoms with Gasteiger partial charge in [0, 0.05) is 12.7 Å². The number of benzene rings is 1. The van der Waals surface area contributed by atoms with Crippen molar-refractivity contribution in [2.75, 3.05) is 0 Å². The van der Waals surface area contributed by atoms with E-state index in [0.29, 0.717) is 5.56 Å². The highest BCUT2D eigenvalue weighted by molar-refractivity contribution is 5.92. The standard InChI is InChI=1S/C18H21N7O4/c1-3-24-17(28)13(16(19)27)8-23(18(24)29)10-15-20-22-25(21-15)9-14(26)12-6-4-11(2)5-7-12/h4-8,14,26H,3,9-10H2,1-2H3,(H2,19,27)/t14-/m0/s1. The minimum Gasteiger partial charge on any atom is -0.386 e. The van der Waals surface area contributed by atoms with E-state index in [1.54, 1.807) is 6.92 Å². The molecule has 1 atom stereocenters. The number of carbonyl (C=O) groups is 1. The van der Waals surface area contributed by atoms with Gasteiger partial charge in [-0.3, -0.25) is 18.7 Å². The number of hydrogen-bond acceptors (Lipinski definition) is 7. The van der Waals surface area contributed by atoms with Gasteiger partial charge in [0.25, 0.3) is 11.5 Å². The normalized spacial score (nSPS) is 12.1. The van der Waals surface area contributed by atoms with Crippen LogP contribution >= 0.6 is 0 Å². The molecule has 3 rings (SSSR count). The van der Waals surface area contributed by atoms with Crippen LogP contribution in [0.3, 0.4) is 0 Å². The van der Waals surface area contributed by atoms with Crippen LogP contribution in [0.15, 0.2) is 40.1 Å². The van der Waals surface area contributed by atoms with Crippen LogP contribution in [-0.4, -0.2) is 40.4 Å². The van der Waals surface area contributed by atoms with E-state index in [2.05, 4.69) is 15.4 Å². The highest BCUT2D eigenvalue weighted by Crippen LogP contribution is 2.14. The van der Waals surface area contributed by atoms with Gasteiger partial charge in [-0.2, -0.15) is 4.80 Å². The van der Waals surface area contributed by atoms with Crippen LogP contribution in [0.25, 0.3) is 0 Å². The highest BCUT2D eigenvalue weighted by Gasteiger charge is 2.16. The van der Waals surface area contributed by atoms with Crippen molar-refractivity contribution in [2.24, 2.45) is 5.73 Å². The number of hydrogen-bond donors (Lipinski definition) is 2. The van der Waals surface area contributed by atoms with Crippen molar-refractivity contribution in [1.82, 2.24) is 29.3 Å². The number of tetrazole rings is 1. The van der Waals surface area contributed by atoms with E-state index in [1.165, 1.54) is 4.80 Å². The maximum absolute atomic E-state index is 12.4. The van der Waals surface area contributed by atoms with Crippen molar-refractivity contribution < 1.29 is 9.90 Å². The van der Waals surface area contributed by atoms with Crippen LogP contribution < -0.4 is 17.0 Å². The number of aryl methyl sites for hydroxylation is 1. The Morgan fingerprint density at radius 2 is 1.93 bits per heavy atom. The molecule has 11 nitrogen and oxygen atoms in total. The summed E-state index contributed by atoms with van der Waals surface area (Å²) < 4.78 is 2.04. The van der Waals surface area contributed by atoms with Crippen LogP contribution in [0.2, 0.25) is 0 Å². The first-order chi connectivity index (χ1) is 13.8.